The number of rotatable bonds is 7. The molecular weight excluding hydrogens is 254 g/mol. The van der Waals surface area contributed by atoms with Gasteiger partial charge >= 0.3 is 17.9 Å². The zero-order valence-corrected chi connectivity index (χ0v) is 11.7. The van der Waals surface area contributed by atoms with Crippen LogP contribution in [-0.2, 0) is 23.9 Å². The van der Waals surface area contributed by atoms with E-state index in [1.807, 2.05) is 0 Å². The maximum absolute atomic E-state index is 11.5. The molecule has 7 heteroatoms. The van der Waals surface area contributed by atoms with E-state index in [9.17, 15) is 14.4 Å². The quantitative estimate of drug-likeness (QED) is 0.645. The average molecular weight is 275 g/mol. The van der Waals surface area contributed by atoms with Crippen molar-refractivity contribution in [1.29, 1.82) is 0 Å². The number of methoxy groups -OCH3 is 1. The van der Waals surface area contributed by atoms with E-state index in [-0.39, 0.29) is 19.4 Å². The summed E-state index contributed by atoms with van der Waals surface area (Å²) >= 11 is 0. The molecule has 0 saturated heterocycles. The van der Waals surface area contributed by atoms with Gasteiger partial charge in [-0.2, -0.15) is 0 Å². The molecule has 0 bridgehead atoms. The van der Waals surface area contributed by atoms with Gasteiger partial charge in [-0.25, -0.2) is 0 Å². The summed E-state index contributed by atoms with van der Waals surface area (Å²) in [6.45, 7) is 5.22. The summed E-state index contributed by atoms with van der Waals surface area (Å²) in [7, 11) is 1.25. The molecule has 0 aromatic heterocycles. The van der Waals surface area contributed by atoms with Crippen LogP contribution in [-0.4, -0.2) is 48.3 Å². The number of hydrogen-bond donors (Lipinski definition) is 2. The maximum Gasteiger partial charge on any atom is 0.321 e. The first kappa shape index (κ1) is 17.4. The van der Waals surface area contributed by atoms with Crippen LogP contribution in [0.15, 0.2) is 0 Å². The number of carbonyl (C=O) groups excluding carboxylic acids is 2. The van der Waals surface area contributed by atoms with E-state index in [1.165, 1.54) is 7.11 Å². The number of esters is 2. The SMILES string of the molecule is COC(=O)CCNC(CC(=O)OC(C)(C)C)C(=O)O. The van der Waals surface area contributed by atoms with Crippen molar-refractivity contribution < 1.29 is 29.0 Å². The Kier molecular flexibility index (Phi) is 7.06. The van der Waals surface area contributed by atoms with Gasteiger partial charge < -0.3 is 19.9 Å². The van der Waals surface area contributed by atoms with Crippen LogP contribution in [0.25, 0.3) is 0 Å². The van der Waals surface area contributed by atoms with Crippen molar-refractivity contribution in [3.63, 3.8) is 0 Å². The van der Waals surface area contributed by atoms with Crippen molar-refractivity contribution >= 4 is 17.9 Å². The third-order valence-corrected chi connectivity index (χ3v) is 2.04. The van der Waals surface area contributed by atoms with Crippen molar-refractivity contribution in [1.82, 2.24) is 5.32 Å². The molecule has 0 heterocycles. The van der Waals surface area contributed by atoms with Gasteiger partial charge in [0.15, 0.2) is 0 Å². The predicted octanol–water partition coefficient (Wildman–Crippen LogP) is 0.324. The Bertz CT molecular complexity index is 334. The second kappa shape index (κ2) is 7.73. The van der Waals surface area contributed by atoms with Gasteiger partial charge in [-0.1, -0.05) is 0 Å². The van der Waals surface area contributed by atoms with E-state index in [0.29, 0.717) is 0 Å². The Hall–Kier alpha value is -1.63. The van der Waals surface area contributed by atoms with Gasteiger partial charge in [-0.15, -0.1) is 0 Å². The highest BCUT2D eigenvalue weighted by Crippen LogP contribution is 2.09. The Morgan fingerprint density at radius 3 is 2.21 bits per heavy atom. The lowest BCUT2D eigenvalue weighted by Gasteiger charge is -2.21. The average Bonchev–Trinajstić information content (AvgIpc) is 2.24. The van der Waals surface area contributed by atoms with Crippen LogP contribution < -0.4 is 5.32 Å². The van der Waals surface area contributed by atoms with Crippen LogP contribution in [0.1, 0.15) is 33.6 Å². The van der Waals surface area contributed by atoms with Gasteiger partial charge in [0, 0.05) is 6.54 Å². The Morgan fingerprint density at radius 1 is 1.21 bits per heavy atom. The van der Waals surface area contributed by atoms with Crippen LogP contribution in [0, 0.1) is 0 Å². The van der Waals surface area contributed by atoms with Crippen molar-refractivity contribution in [2.75, 3.05) is 13.7 Å². The lowest BCUT2D eigenvalue weighted by molar-refractivity contribution is -0.158. The Labute approximate surface area is 112 Å². The second-order valence-corrected chi connectivity index (χ2v) is 4.96. The van der Waals surface area contributed by atoms with Crippen LogP contribution in [0.3, 0.4) is 0 Å². The van der Waals surface area contributed by atoms with Gasteiger partial charge in [-0.05, 0) is 20.8 Å². The molecule has 2 N–H and O–H groups in total. The fourth-order valence-corrected chi connectivity index (χ4v) is 1.25. The molecule has 0 amide bonds. The molecule has 110 valence electrons. The van der Waals surface area contributed by atoms with E-state index in [2.05, 4.69) is 10.1 Å². The molecule has 0 aliphatic carbocycles. The van der Waals surface area contributed by atoms with Crippen LogP contribution >= 0.6 is 0 Å². The van der Waals surface area contributed by atoms with Crippen molar-refractivity contribution in [2.24, 2.45) is 0 Å². The lowest BCUT2D eigenvalue weighted by atomic mass is 10.1. The van der Waals surface area contributed by atoms with Gasteiger partial charge in [-0.3, -0.25) is 14.4 Å². The summed E-state index contributed by atoms with van der Waals surface area (Å²) in [5.74, 6) is -2.23. The summed E-state index contributed by atoms with van der Waals surface area (Å²) in [4.78, 5) is 33.3. The third kappa shape index (κ3) is 9.01. The topological polar surface area (TPSA) is 102 Å². The molecule has 0 aromatic rings. The molecular formula is C12H21NO6. The molecule has 1 unspecified atom stereocenters. The molecule has 7 nitrogen and oxygen atoms in total. The lowest BCUT2D eigenvalue weighted by Crippen LogP contribution is -2.41. The molecule has 19 heavy (non-hydrogen) atoms. The number of nitrogens with one attached hydrogen (secondary N) is 1. The highest BCUT2D eigenvalue weighted by Gasteiger charge is 2.24. The molecule has 0 radical (unpaired) electrons. The Morgan fingerprint density at radius 2 is 1.79 bits per heavy atom. The first-order valence-corrected chi connectivity index (χ1v) is 5.90. The summed E-state index contributed by atoms with van der Waals surface area (Å²) in [6, 6.07) is -1.08. The van der Waals surface area contributed by atoms with E-state index in [4.69, 9.17) is 9.84 Å². The fraction of sp³-hybridized carbons (Fsp3) is 0.750. The van der Waals surface area contributed by atoms with E-state index in [1.54, 1.807) is 20.8 Å². The molecule has 1 atom stereocenters. The van der Waals surface area contributed by atoms with E-state index in [0.717, 1.165) is 0 Å². The first-order valence-electron chi connectivity index (χ1n) is 5.90. The minimum atomic E-state index is -1.17. The zero-order valence-electron chi connectivity index (χ0n) is 11.7. The number of hydrogen-bond acceptors (Lipinski definition) is 6. The fourth-order valence-electron chi connectivity index (χ4n) is 1.25. The minimum Gasteiger partial charge on any atom is -0.480 e. The molecule has 0 spiro atoms. The number of carbonyl (C=O) groups is 3. The monoisotopic (exact) mass is 275 g/mol. The van der Waals surface area contributed by atoms with Gasteiger partial charge in [0.25, 0.3) is 0 Å². The number of carboxylic acids is 1. The highest BCUT2D eigenvalue weighted by molar-refractivity contribution is 5.81. The standard InChI is InChI=1S/C12H21NO6/c1-12(2,3)19-10(15)7-8(11(16)17)13-6-5-9(14)18-4/h8,13H,5-7H2,1-4H3,(H,16,17). The number of carboxylic acid groups (broad SMARTS) is 1. The van der Waals surface area contributed by atoms with Crippen molar-refractivity contribution in [3.05, 3.63) is 0 Å². The molecule has 0 aromatic carbocycles. The van der Waals surface area contributed by atoms with Gasteiger partial charge in [0.1, 0.15) is 11.6 Å². The highest BCUT2D eigenvalue weighted by atomic mass is 16.6. The largest absolute Gasteiger partial charge is 0.480 e. The molecule has 0 aliphatic heterocycles. The van der Waals surface area contributed by atoms with Crippen LogP contribution in [0.5, 0.6) is 0 Å². The molecule has 0 rings (SSSR count). The number of ether oxygens (including phenoxy) is 2. The summed E-state index contributed by atoms with van der Waals surface area (Å²) < 4.78 is 9.45. The Balaban J connectivity index is 4.23. The summed E-state index contributed by atoms with van der Waals surface area (Å²) in [6.07, 6.45) is -0.262. The normalized spacial score (nSPS) is 12.6. The summed E-state index contributed by atoms with van der Waals surface area (Å²) in [5, 5.41) is 11.6. The van der Waals surface area contributed by atoms with Crippen molar-refractivity contribution in [2.45, 2.75) is 45.3 Å². The zero-order chi connectivity index (χ0) is 15.1. The summed E-state index contributed by atoms with van der Waals surface area (Å²) in [5.41, 5.74) is -0.661. The van der Waals surface area contributed by atoms with Crippen LogP contribution in [0.2, 0.25) is 0 Å². The maximum atomic E-state index is 11.5. The van der Waals surface area contributed by atoms with E-state index < -0.39 is 29.6 Å². The van der Waals surface area contributed by atoms with Gasteiger partial charge in [0.2, 0.25) is 0 Å². The predicted molar refractivity (Wildman–Crippen MR) is 66.5 cm³/mol. The van der Waals surface area contributed by atoms with Crippen LogP contribution in [0.4, 0.5) is 0 Å². The van der Waals surface area contributed by atoms with Crippen molar-refractivity contribution in [3.8, 4) is 0 Å². The second-order valence-electron chi connectivity index (χ2n) is 4.96. The van der Waals surface area contributed by atoms with Gasteiger partial charge in [0.05, 0.1) is 20.0 Å². The minimum absolute atomic E-state index is 0.0363. The number of aliphatic carboxylic acids is 1. The van der Waals surface area contributed by atoms with E-state index >= 15 is 0 Å². The smallest absolute Gasteiger partial charge is 0.321 e. The third-order valence-electron chi connectivity index (χ3n) is 2.04. The molecule has 0 fully saturated rings. The molecule has 0 saturated carbocycles. The molecule has 0 aliphatic rings. The first-order chi connectivity index (χ1) is 8.65.